The third-order valence-corrected chi connectivity index (χ3v) is 5.22. The summed E-state index contributed by atoms with van der Waals surface area (Å²) in [5.74, 6) is 0.889. The Bertz CT molecular complexity index is 984. The number of carboxylic acids is 1. The van der Waals surface area contributed by atoms with Gasteiger partial charge in [-0.1, -0.05) is 19.1 Å². The normalized spacial score (nSPS) is 10.8. The van der Waals surface area contributed by atoms with Gasteiger partial charge in [-0.05, 0) is 67.5 Å². The quantitative estimate of drug-likeness (QED) is 0.325. The van der Waals surface area contributed by atoms with Crippen LogP contribution in [0.25, 0.3) is 11.3 Å². The van der Waals surface area contributed by atoms with Crippen molar-refractivity contribution in [2.75, 3.05) is 13.2 Å². The fourth-order valence-electron chi connectivity index (χ4n) is 3.40. The number of unbranched alkanes of at least 4 members (excludes halogenated alkanes) is 2. The van der Waals surface area contributed by atoms with Gasteiger partial charge in [0.2, 0.25) is 0 Å². The summed E-state index contributed by atoms with van der Waals surface area (Å²) in [5, 5.41) is 25.9. The lowest BCUT2D eigenvalue weighted by Crippen LogP contribution is -2.03. The average molecular weight is 439 g/mol. The van der Waals surface area contributed by atoms with Gasteiger partial charge in [-0.3, -0.25) is 9.89 Å². The molecule has 3 N–H and O–H groups in total. The van der Waals surface area contributed by atoms with Crippen molar-refractivity contribution < 1.29 is 24.5 Å². The molecule has 3 aromatic rings. The van der Waals surface area contributed by atoms with Crippen LogP contribution in [0, 0.1) is 0 Å². The molecule has 3 rings (SSSR count). The molecule has 0 bridgehead atoms. The highest BCUT2D eigenvalue weighted by atomic mass is 16.5. The lowest BCUT2D eigenvalue weighted by molar-refractivity contribution is -0.136. The molecule has 0 aliphatic heterocycles. The van der Waals surface area contributed by atoms with E-state index in [9.17, 15) is 9.90 Å². The van der Waals surface area contributed by atoms with E-state index in [1.54, 1.807) is 12.3 Å². The van der Waals surface area contributed by atoms with Crippen LogP contribution in [-0.2, 0) is 17.6 Å². The number of aromatic nitrogens is 2. The Hall–Kier alpha value is -3.48. The van der Waals surface area contributed by atoms with Gasteiger partial charge in [-0.2, -0.15) is 5.10 Å². The van der Waals surface area contributed by atoms with Crippen LogP contribution >= 0.6 is 0 Å². The zero-order valence-electron chi connectivity index (χ0n) is 18.3. The summed E-state index contributed by atoms with van der Waals surface area (Å²) < 4.78 is 11.7. The first-order chi connectivity index (χ1) is 15.6. The number of carbonyl (C=O) groups is 1. The summed E-state index contributed by atoms with van der Waals surface area (Å²) in [4.78, 5) is 10.6. The maximum atomic E-state index is 10.6. The fraction of sp³-hybridized carbons (Fsp3) is 0.360. The number of nitrogens with zero attached hydrogens (tertiary/aromatic N) is 1. The highest BCUT2D eigenvalue weighted by molar-refractivity contribution is 5.69. The molecule has 1 aromatic heterocycles. The van der Waals surface area contributed by atoms with Gasteiger partial charge >= 0.3 is 5.97 Å². The van der Waals surface area contributed by atoms with E-state index in [2.05, 4.69) is 17.1 Å². The Morgan fingerprint density at radius 2 is 1.78 bits per heavy atom. The Kier molecular flexibility index (Phi) is 8.54. The number of carboxylic acid groups (broad SMARTS) is 1. The van der Waals surface area contributed by atoms with Crippen molar-refractivity contribution >= 4 is 5.97 Å². The molecule has 32 heavy (non-hydrogen) atoms. The number of phenols is 1. The van der Waals surface area contributed by atoms with Gasteiger partial charge in [0, 0.05) is 24.2 Å². The molecule has 0 spiro atoms. The van der Waals surface area contributed by atoms with Crippen molar-refractivity contribution in [2.24, 2.45) is 0 Å². The molecule has 170 valence electrons. The second-order valence-corrected chi connectivity index (χ2v) is 7.60. The van der Waals surface area contributed by atoms with Crippen LogP contribution < -0.4 is 9.47 Å². The standard InChI is InChI=1S/C25H30N2O5/c1-2-19-16-21(22-12-13-26-27-22)23(28)17-24(19)32-15-5-3-4-14-31-20-9-6-18(7-10-20)8-11-25(29)30/h6-7,9-10,12-13,16-17,28H,2-5,8,11,14-15H2,1H3,(H,26,27)(H,29,30). The average Bonchev–Trinajstić information content (AvgIpc) is 3.32. The number of hydrogen-bond acceptors (Lipinski definition) is 5. The van der Waals surface area contributed by atoms with Crippen LogP contribution in [0.3, 0.4) is 0 Å². The number of aliphatic carboxylic acids is 1. The van der Waals surface area contributed by atoms with Crippen LogP contribution in [0.5, 0.6) is 17.2 Å². The molecule has 7 nitrogen and oxygen atoms in total. The lowest BCUT2D eigenvalue weighted by atomic mass is 10.0. The maximum absolute atomic E-state index is 10.6. The molecule has 0 aliphatic carbocycles. The van der Waals surface area contributed by atoms with Crippen LogP contribution in [0.15, 0.2) is 48.7 Å². The van der Waals surface area contributed by atoms with E-state index in [-0.39, 0.29) is 12.2 Å². The number of ether oxygens (including phenoxy) is 2. The predicted octanol–water partition coefficient (Wildman–Crippen LogP) is 4.99. The maximum Gasteiger partial charge on any atom is 0.303 e. The zero-order valence-corrected chi connectivity index (χ0v) is 18.3. The highest BCUT2D eigenvalue weighted by Crippen LogP contribution is 2.34. The van der Waals surface area contributed by atoms with Gasteiger partial charge in [-0.25, -0.2) is 0 Å². The molecule has 0 amide bonds. The molecule has 0 saturated carbocycles. The first-order valence-electron chi connectivity index (χ1n) is 11.0. The molecule has 1 heterocycles. The Balaban J connectivity index is 1.37. The van der Waals surface area contributed by atoms with E-state index in [4.69, 9.17) is 14.6 Å². The minimum Gasteiger partial charge on any atom is -0.507 e. The van der Waals surface area contributed by atoms with Crippen molar-refractivity contribution in [2.45, 2.75) is 45.4 Å². The molecular formula is C25H30N2O5. The van der Waals surface area contributed by atoms with Gasteiger partial charge < -0.3 is 19.7 Å². The van der Waals surface area contributed by atoms with Gasteiger partial charge in [0.05, 0.1) is 18.9 Å². The van der Waals surface area contributed by atoms with Crippen molar-refractivity contribution in [3.05, 3.63) is 59.8 Å². The number of aromatic hydroxyl groups is 1. The Morgan fingerprint density at radius 1 is 1.03 bits per heavy atom. The van der Waals surface area contributed by atoms with Crippen LogP contribution in [-0.4, -0.2) is 39.6 Å². The van der Waals surface area contributed by atoms with Crippen LogP contribution in [0.4, 0.5) is 0 Å². The van der Waals surface area contributed by atoms with Crippen LogP contribution in [0.1, 0.15) is 43.7 Å². The number of rotatable bonds is 13. The van der Waals surface area contributed by atoms with Crippen molar-refractivity contribution in [1.82, 2.24) is 10.2 Å². The third kappa shape index (κ3) is 6.77. The molecule has 0 unspecified atom stereocenters. The summed E-state index contributed by atoms with van der Waals surface area (Å²) in [6.45, 7) is 3.26. The van der Waals surface area contributed by atoms with Gasteiger partial charge in [0.1, 0.15) is 17.2 Å². The first-order valence-corrected chi connectivity index (χ1v) is 11.0. The highest BCUT2D eigenvalue weighted by Gasteiger charge is 2.12. The number of benzene rings is 2. The fourth-order valence-corrected chi connectivity index (χ4v) is 3.40. The van der Waals surface area contributed by atoms with Gasteiger partial charge in [-0.15, -0.1) is 0 Å². The predicted molar refractivity (Wildman–Crippen MR) is 122 cm³/mol. The van der Waals surface area contributed by atoms with E-state index in [1.165, 1.54) is 0 Å². The monoisotopic (exact) mass is 438 g/mol. The number of H-pyrrole nitrogens is 1. The second-order valence-electron chi connectivity index (χ2n) is 7.60. The largest absolute Gasteiger partial charge is 0.507 e. The first kappa shape index (κ1) is 23.2. The van der Waals surface area contributed by atoms with E-state index >= 15 is 0 Å². The van der Waals surface area contributed by atoms with Gasteiger partial charge in [0.15, 0.2) is 0 Å². The third-order valence-electron chi connectivity index (χ3n) is 5.22. The molecule has 0 fully saturated rings. The van der Waals surface area contributed by atoms with Crippen molar-refractivity contribution in [3.8, 4) is 28.5 Å². The minimum absolute atomic E-state index is 0.135. The lowest BCUT2D eigenvalue weighted by Gasteiger charge is -2.13. The zero-order chi connectivity index (χ0) is 22.8. The van der Waals surface area contributed by atoms with Crippen molar-refractivity contribution in [1.29, 1.82) is 0 Å². The number of phenolic OH excluding ortho intramolecular Hbond substituents is 1. The Labute approximate surface area is 188 Å². The summed E-state index contributed by atoms with van der Waals surface area (Å²) >= 11 is 0. The van der Waals surface area contributed by atoms with E-state index in [0.717, 1.165) is 53.8 Å². The Morgan fingerprint density at radius 3 is 2.44 bits per heavy atom. The molecule has 0 aliphatic rings. The number of nitrogens with one attached hydrogen (secondary N) is 1. The minimum atomic E-state index is -0.789. The number of aryl methyl sites for hydroxylation is 2. The second kappa shape index (κ2) is 11.8. The molecule has 0 atom stereocenters. The smallest absolute Gasteiger partial charge is 0.303 e. The van der Waals surface area contributed by atoms with E-state index < -0.39 is 5.97 Å². The molecule has 0 radical (unpaired) electrons. The topological polar surface area (TPSA) is 105 Å². The molecule has 7 heteroatoms. The van der Waals surface area contributed by atoms with Gasteiger partial charge in [0.25, 0.3) is 0 Å². The van der Waals surface area contributed by atoms with E-state index in [0.29, 0.717) is 25.4 Å². The summed E-state index contributed by atoms with van der Waals surface area (Å²) in [6, 6.07) is 13.0. The summed E-state index contributed by atoms with van der Waals surface area (Å²) in [5.41, 5.74) is 3.53. The summed E-state index contributed by atoms with van der Waals surface area (Å²) in [6.07, 6.45) is 5.90. The van der Waals surface area contributed by atoms with Crippen LogP contribution in [0.2, 0.25) is 0 Å². The van der Waals surface area contributed by atoms with Crippen molar-refractivity contribution in [3.63, 3.8) is 0 Å². The molecular weight excluding hydrogens is 408 g/mol. The van der Waals surface area contributed by atoms with E-state index in [1.807, 2.05) is 36.4 Å². The molecule has 2 aromatic carbocycles. The summed E-state index contributed by atoms with van der Waals surface area (Å²) in [7, 11) is 0. The molecule has 0 saturated heterocycles. The number of hydrogen-bond donors (Lipinski definition) is 3. The SMILES string of the molecule is CCc1cc(-c2ccn[nH]2)c(O)cc1OCCCCCOc1ccc(CCC(=O)O)cc1. The number of aromatic amines is 1.